The third-order valence-corrected chi connectivity index (χ3v) is 4.74. The number of nitrogens with one attached hydrogen (secondary N) is 2. The number of hydrogen-bond acceptors (Lipinski definition) is 4. The van der Waals surface area contributed by atoms with Gasteiger partial charge in [0.2, 0.25) is 0 Å². The van der Waals surface area contributed by atoms with Crippen molar-refractivity contribution in [3.05, 3.63) is 18.1 Å². The monoisotopic (exact) mass is 276 g/mol. The number of carbonyl (C=O) groups is 1. The molecule has 0 atom stereocenters. The molecule has 2 N–H and O–H groups in total. The largest absolute Gasteiger partial charge is 0.369 e. The molecule has 1 aliphatic rings. The van der Waals surface area contributed by atoms with E-state index in [0.717, 1.165) is 13.0 Å². The van der Waals surface area contributed by atoms with Gasteiger partial charge in [-0.15, -0.1) is 0 Å². The van der Waals surface area contributed by atoms with Gasteiger partial charge in [-0.05, 0) is 17.3 Å². The highest BCUT2D eigenvalue weighted by atomic mass is 16.2. The minimum Gasteiger partial charge on any atom is -0.369 e. The molecule has 20 heavy (non-hydrogen) atoms. The first kappa shape index (κ1) is 14.8. The molecule has 1 aromatic heterocycles. The van der Waals surface area contributed by atoms with E-state index in [9.17, 15) is 4.79 Å². The minimum absolute atomic E-state index is 0.124. The lowest BCUT2D eigenvalue weighted by Crippen LogP contribution is -2.30. The van der Waals surface area contributed by atoms with E-state index in [2.05, 4.69) is 55.2 Å². The van der Waals surface area contributed by atoms with Crippen molar-refractivity contribution in [3.63, 3.8) is 0 Å². The summed E-state index contributed by atoms with van der Waals surface area (Å²) in [5.74, 6) is 0.554. The van der Waals surface area contributed by atoms with Crippen LogP contribution in [0.1, 0.15) is 51.5 Å². The van der Waals surface area contributed by atoms with Gasteiger partial charge in [0.15, 0.2) is 0 Å². The fourth-order valence-electron chi connectivity index (χ4n) is 2.55. The van der Waals surface area contributed by atoms with Crippen LogP contribution in [-0.2, 0) is 0 Å². The number of nitrogens with zero attached hydrogens (tertiary/aromatic N) is 2. The SMILES string of the molecule is CCCNc1cnc(C(=O)NC2C(C)(C)C2(C)C)cn1. The zero-order valence-corrected chi connectivity index (χ0v) is 12.9. The summed E-state index contributed by atoms with van der Waals surface area (Å²) in [6, 6.07) is 0.183. The lowest BCUT2D eigenvalue weighted by atomic mass is 10.0. The van der Waals surface area contributed by atoms with E-state index in [4.69, 9.17) is 0 Å². The topological polar surface area (TPSA) is 66.9 Å². The highest BCUT2D eigenvalue weighted by molar-refractivity contribution is 5.92. The fraction of sp³-hybridized carbons (Fsp3) is 0.667. The van der Waals surface area contributed by atoms with Crippen LogP contribution >= 0.6 is 0 Å². The van der Waals surface area contributed by atoms with Gasteiger partial charge < -0.3 is 10.6 Å². The Morgan fingerprint density at radius 3 is 2.30 bits per heavy atom. The first-order chi connectivity index (χ1) is 9.30. The second-order valence-electron chi connectivity index (χ2n) is 6.56. The Kier molecular flexibility index (Phi) is 3.71. The van der Waals surface area contributed by atoms with Crippen molar-refractivity contribution < 1.29 is 4.79 Å². The van der Waals surface area contributed by atoms with Crippen LogP contribution in [0, 0.1) is 10.8 Å². The standard InChI is InChI=1S/C15H24N4O/c1-6-7-16-11-9-17-10(8-18-11)12(20)19-13-14(2,3)15(13,4)5/h8-9,13H,6-7H2,1-5H3,(H,16,18)(H,19,20). The summed E-state index contributed by atoms with van der Waals surface area (Å²) >= 11 is 0. The Morgan fingerprint density at radius 2 is 1.85 bits per heavy atom. The van der Waals surface area contributed by atoms with Gasteiger partial charge in [-0.1, -0.05) is 34.6 Å². The van der Waals surface area contributed by atoms with E-state index in [1.165, 1.54) is 6.20 Å². The second kappa shape index (κ2) is 5.04. The average Bonchev–Trinajstić information content (AvgIpc) is 2.79. The van der Waals surface area contributed by atoms with Crippen LogP contribution in [0.25, 0.3) is 0 Å². The maximum atomic E-state index is 12.2. The molecule has 0 radical (unpaired) electrons. The summed E-state index contributed by atoms with van der Waals surface area (Å²) in [6.45, 7) is 11.6. The van der Waals surface area contributed by atoms with Crippen molar-refractivity contribution in [2.24, 2.45) is 10.8 Å². The molecule has 1 aromatic rings. The second-order valence-corrected chi connectivity index (χ2v) is 6.56. The van der Waals surface area contributed by atoms with E-state index in [-0.39, 0.29) is 22.8 Å². The minimum atomic E-state index is -0.150. The van der Waals surface area contributed by atoms with E-state index >= 15 is 0 Å². The Morgan fingerprint density at radius 1 is 1.20 bits per heavy atom. The Balaban J connectivity index is 1.97. The number of aromatic nitrogens is 2. The molecular weight excluding hydrogens is 252 g/mol. The summed E-state index contributed by atoms with van der Waals surface area (Å²) in [5.41, 5.74) is 0.614. The summed E-state index contributed by atoms with van der Waals surface area (Å²) in [5, 5.41) is 6.19. The number of hydrogen-bond donors (Lipinski definition) is 2. The smallest absolute Gasteiger partial charge is 0.271 e. The van der Waals surface area contributed by atoms with Gasteiger partial charge >= 0.3 is 0 Å². The molecule has 2 rings (SSSR count). The molecule has 5 heteroatoms. The van der Waals surface area contributed by atoms with Gasteiger partial charge in [0.1, 0.15) is 11.5 Å². The molecule has 0 spiro atoms. The molecule has 0 bridgehead atoms. The molecule has 1 fully saturated rings. The zero-order chi connectivity index (χ0) is 15.0. The molecule has 0 unspecified atom stereocenters. The quantitative estimate of drug-likeness (QED) is 0.867. The molecule has 1 heterocycles. The van der Waals surface area contributed by atoms with Crippen LogP contribution < -0.4 is 10.6 Å². The highest BCUT2D eigenvalue weighted by Crippen LogP contribution is 2.62. The lowest BCUT2D eigenvalue weighted by Gasteiger charge is -2.07. The van der Waals surface area contributed by atoms with Gasteiger partial charge in [-0.3, -0.25) is 4.79 Å². The van der Waals surface area contributed by atoms with Gasteiger partial charge in [0, 0.05) is 12.6 Å². The number of anilines is 1. The first-order valence-corrected chi connectivity index (χ1v) is 7.17. The van der Waals surface area contributed by atoms with Crippen LogP contribution in [-0.4, -0.2) is 28.5 Å². The molecule has 1 amide bonds. The summed E-state index contributed by atoms with van der Waals surface area (Å²) in [6.07, 6.45) is 4.15. The fourth-order valence-corrected chi connectivity index (χ4v) is 2.55. The Bertz CT molecular complexity index is 479. The lowest BCUT2D eigenvalue weighted by molar-refractivity contribution is 0.0938. The van der Waals surface area contributed by atoms with Crippen molar-refractivity contribution in [1.29, 1.82) is 0 Å². The van der Waals surface area contributed by atoms with Crippen LogP contribution in [0.2, 0.25) is 0 Å². The van der Waals surface area contributed by atoms with Crippen molar-refractivity contribution in [2.75, 3.05) is 11.9 Å². The molecule has 1 saturated carbocycles. The third-order valence-electron chi connectivity index (χ3n) is 4.74. The van der Waals surface area contributed by atoms with Crippen molar-refractivity contribution in [3.8, 4) is 0 Å². The Hall–Kier alpha value is -1.65. The molecule has 0 saturated heterocycles. The first-order valence-electron chi connectivity index (χ1n) is 7.17. The van der Waals surface area contributed by atoms with E-state index in [0.29, 0.717) is 11.5 Å². The van der Waals surface area contributed by atoms with Crippen LogP contribution in [0.5, 0.6) is 0 Å². The number of amides is 1. The predicted molar refractivity (Wildman–Crippen MR) is 79.6 cm³/mol. The van der Waals surface area contributed by atoms with E-state index in [1.807, 2.05) is 0 Å². The van der Waals surface area contributed by atoms with Gasteiger partial charge in [-0.25, -0.2) is 9.97 Å². The van der Waals surface area contributed by atoms with E-state index in [1.54, 1.807) is 6.20 Å². The Labute approximate surface area is 120 Å². The normalized spacial score (nSPS) is 19.4. The predicted octanol–water partition coefficient (Wildman–Crippen LogP) is 2.46. The number of rotatable bonds is 5. The van der Waals surface area contributed by atoms with Crippen LogP contribution in [0.4, 0.5) is 5.82 Å². The van der Waals surface area contributed by atoms with Gasteiger partial charge in [-0.2, -0.15) is 0 Å². The average molecular weight is 276 g/mol. The van der Waals surface area contributed by atoms with Crippen LogP contribution in [0.3, 0.4) is 0 Å². The molecular formula is C15H24N4O. The highest BCUT2D eigenvalue weighted by Gasteiger charge is 2.65. The third kappa shape index (κ3) is 2.49. The molecule has 0 aliphatic heterocycles. The van der Waals surface area contributed by atoms with Crippen LogP contribution in [0.15, 0.2) is 12.4 Å². The zero-order valence-electron chi connectivity index (χ0n) is 12.9. The molecule has 0 aromatic carbocycles. The number of carbonyl (C=O) groups excluding carboxylic acids is 1. The maximum Gasteiger partial charge on any atom is 0.271 e. The maximum absolute atomic E-state index is 12.2. The van der Waals surface area contributed by atoms with Crippen molar-refractivity contribution >= 4 is 11.7 Å². The molecule has 5 nitrogen and oxygen atoms in total. The van der Waals surface area contributed by atoms with E-state index < -0.39 is 0 Å². The molecule has 1 aliphatic carbocycles. The summed E-state index contributed by atoms with van der Waals surface area (Å²) < 4.78 is 0. The van der Waals surface area contributed by atoms with Gasteiger partial charge in [0.25, 0.3) is 5.91 Å². The summed E-state index contributed by atoms with van der Waals surface area (Å²) in [7, 11) is 0. The van der Waals surface area contributed by atoms with Crippen molar-refractivity contribution in [2.45, 2.75) is 47.1 Å². The summed E-state index contributed by atoms with van der Waals surface area (Å²) in [4.78, 5) is 20.5. The van der Waals surface area contributed by atoms with Gasteiger partial charge in [0.05, 0.1) is 12.4 Å². The van der Waals surface area contributed by atoms with Crippen molar-refractivity contribution in [1.82, 2.24) is 15.3 Å². The molecule has 110 valence electrons.